The predicted octanol–water partition coefficient (Wildman–Crippen LogP) is 2.82. The molecule has 2 heterocycles. The third kappa shape index (κ3) is 1.24. The van der Waals surface area contributed by atoms with Gasteiger partial charge in [0.2, 0.25) is 5.88 Å². The second-order valence-corrected chi connectivity index (χ2v) is 5.23. The number of rotatable bonds is 0. The maximum absolute atomic E-state index is 13.3. The Hall–Kier alpha value is -2.43. The number of aromatic nitrogens is 2. The summed E-state index contributed by atoms with van der Waals surface area (Å²) in [5, 5.41) is 21.2. The van der Waals surface area contributed by atoms with Crippen LogP contribution < -0.4 is 0 Å². The minimum Gasteiger partial charge on any atom is -0.494 e. The summed E-state index contributed by atoms with van der Waals surface area (Å²) in [4.78, 5) is 3.21. The number of H-pyrrole nitrogens is 1. The van der Waals surface area contributed by atoms with Gasteiger partial charge in [-0.05, 0) is 31.0 Å². The highest BCUT2D eigenvalue weighted by molar-refractivity contribution is 6.01. The minimum absolute atomic E-state index is 0.0451. The van der Waals surface area contributed by atoms with E-state index in [9.17, 15) is 14.6 Å². The fourth-order valence-corrected chi connectivity index (χ4v) is 3.17. The summed E-state index contributed by atoms with van der Waals surface area (Å²) in [7, 11) is 1.62. The molecule has 1 aliphatic rings. The average Bonchev–Trinajstić information content (AvgIpc) is 2.89. The first kappa shape index (κ1) is 11.4. The molecule has 1 aromatic carbocycles. The van der Waals surface area contributed by atoms with Gasteiger partial charge in [0.25, 0.3) is 0 Å². The van der Waals surface area contributed by atoms with Crippen LogP contribution in [0.15, 0.2) is 18.2 Å². The predicted molar refractivity (Wildman–Crippen MR) is 73.4 cm³/mol. The van der Waals surface area contributed by atoms with Crippen molar-refractivity contribution in [3.63, 3.8) is 0 Å². The SMILES string of the molecule is Cn1c(O)c2c(c1O)-c1c([nH]c3cc(F)ccc13)CC2. The molecule has 4 rings (SSSR count). The summed E-state index contributed by atoms with van der Waals surface area (Å²) in [6.07, 6.45) is 1.38. The van der Waals surface area contributed by atoms with Gasteiger partial charge >= 0.3 is 0 Å². The first-order valence-electron chi connectivity index (χ1n) is 6.48. The molecule has 0 saturated heterocycles. The number of nitrogens with one attached hydrogen (secondary N) is 1. The Morgan fingerprint density at radius 1 is 1.15 bits per heavy atom. The van der Waals surface area contributed by atoms with Crippen molar-refractivity contribution in [2.75, 3.05) is 0 Å². The molecule has 3 N–H and O–H groups in total. The molecule has 20 heavy (non-hydrogen) atoms. The van der Waals surface area contributed by atoms with E-state index in [0.717, 1.165) is 28.6 Å². The third-order valence-corrected chi connectivity index (χ3v) is 4.14. The number of hydrogen-bond acceptors (Lipinski definition) is 2. The lowest BCUT2D eigenvalue weighted by Crippen LogP contribution is -2.00. The molecule has 0 aliphatic heterocycles. The van der Waals surface area contributed by atoms with Gasteiger partial charge in [-0.2, -0.15) is 0 Å². The van der Waals surface area contributed by atoms with Gasteiger partial charge < -0.3 is 15.2 Å². The van der Waals surface area contributed by atoms with Crippen molar-refractivity contribution in [1.29, 1.82) is 0 Å². The number of aryl methyl sites for hydroxylation is 1. The van der Waals surface area contributed by atoms with Crippen molar-refractivity contribution in [2.24, 2.45) is 7.05 Å². The van der Waals surface area contributed by atoms with Gasteiger partial charge in [0.1, 0.15) is 5.82 Å². The largest absolute Gasteiger partial charge is 0.494 e. The Labute approximate surface area is 114 Å². The van der Waals surface area contributed by atoms with Gasteiger partial charge in [-0.1, -0.05) is 0 Å². The fourth-order valence-electron chi connectivity index (χ4n) is 3.17. The highest BCUT2D eigenvalue weighted by Gasteiger charge is 2.29. The molecule has 0 atom stereocenters. The van der Waals surface area contributed by atoms with Crippen molar-refractivity contribution in [2.45, 2.75) is 12.8 Å². The quantitative estimate of drug-likeness (QED) is 0.589. The van der Waals surface area contributed by atoms with E-state index in [2.05, 4.69) is 4.98 Å². The summed E-state index contributed by atoms with van der Waals surface area (Å²) in [5.74, 6) is -0.153. The molecule has 2 aromatic heterocycles. The molecule has 0 radical (unpaired) electrons. The Morgan fingerprint density at radius 2 is 1.95 bits per heavy atom. The summed E-state index contributed by atoms with van der Waals surface area (Å²) in [6.45, 7) is 0. The van der Waals surface area contributed by atoms with Crippen molar-refractivity contribution in [3.05, 3.63) is 35.3 Å². The summed E-state index contributed by atoms with van der Waals surface area (Å²) in [6, 6.07) is 4.57. The Morgan fingerprint density at radius 3 is 2.75 bits per heavy atom. The van der Waals surface area contributed by atoms with E-state index in [1.807, 2.05) is 0 Å². The highest BCUT2D eigenvalue weighted by Crippen LogP contribution is 2.48. The zero-order valence-corrected chi connectivity index (χ0v) is 10.9. The average molecular weight is 272 g/mol. The zero-order chi connectivity index (χ0) is 14.0. The van der Waals surface area contributed by atoms with Crippen molar-refractivity contribution < 1.29 is 14.6 Å². The van der Waals surface area contributed by atoms with Crippen LogP contribution >= 0.6 is 0 Å². The first-order chi connectivity index (χ1) is 9.58. The Balaban J connectivity index is 2.13. The number of nitrogens with zero attached hydrogens (tertiary/aromatic N) is 1. The maximum atomic E-state index is 13.3. The smallest absolute Gasteiger partial charge is 0.202 e. The monoisotopic (exact) mass is 272 g/mol. The highest BCUT2D eigenvalue weighted by atomic mass is 19.1. The topological polar surface area (TPSA) is 61.2 Å². The van der Waals surface area contributed by atoms with Crippen LogP contribution in [0.3, 0.4) is 0 Å². The fraction of sp³-hybridized carbons (Fsp3) is 0.200. The molecule has 4 nitrogen and oxygen atoms in total. The van der Waals surface area contributed by atoms with Gasteiger partial charge in [-0.3, -0.25) is 4.57 Å². The molecule has 102 valence electrons. The molecule has 0 saturated carbocycles. The van der Waals surface area contributed by atoms with Crippen LogP contribution in [-0.2, 0) is 19.9 Å². The number of halogens is 1. The van der Waals surface area contributed by atoms with Crippen LogP contribution in [0.1, 0.15) is 11.3 Å². The Kier molecular flexibility index (Phi) is 2.03. The summed E-state index contributed by atoms with van der Waals surface area (Å²) >= 11 is 0. The van der Waals surface area contributed by atoms with E-state index in [0.29, 0.717) is 17.5 Å². The van der Waals surface area contributed by atoms with Crippen LogP contribution in [0.4, 0.5) is 4.39 Å². The summed E-state index contributed by atoms with van der Waals surface area (Å²) < 4.78 is 14.7. The molecular formula is C15H13FN2O2. The molecule has 1 aliphatic carbocycles. The number of hydrogen-bond donors (Lipinski definition) is 3. The van der Waals surface area contributed by atoms with E-state index >= 15 is 0 Å². The molecule has 0 bridgehead atoms. The molecule has 0 unspecified atom stereocenters. The van der Waals surface area contributed by atoms with Crippen molar-refractivity contribution in [3.8, 4) is 22.9 Å². The minimum atomic E-state index is -0.295. The molecule has 0 amide bonds. The molecular weight excluding hydrogens is 259 g/mol. The number of benzene rings is 1. The maximum Gasteiger partial charge on any atom is 0.202 e. The Bertz CT molecular complexity index is 861. The third-order valence-electron chi connectivity index (χ3n) is 4.14. The molecule has 0 spiro atoms. The van der Waals surface area contributed by atoms with Gasteiger partial charge in [0.15, 0.2) is 5.88 Å². The van der Waals surface area contributed by atoms with Crippen LogP contribution in [0.25, 0.3) is 22.0 Å². The summed E-state index contributed by atoms with van der Waals surface area (Å²) in [5.41, 5.74) is 3.96. The van der Waals surface area contributed by atoms with E-state index < -0.39 is 0 Å². The van der Waals surface area contributed by atoms with Gasteiger partial charge in [-0.15, -0.1) is 0 Å². The standard InChI is InChI=1S/C15H13FN2O2/c1-18-14(19)9-4-5-10-12(13(9)15(18)20)8-3-2-7(16)6-11(8)17-10/h2-3,6,17,19-20H,4-5H2,1H3. The first-order valence-corrected chi connectivity index (χ1v) is 6.48. The lowest BCUT2D eigenvalue weighted by molar-refractivity contribution is 0.385. The van der Waals surface area contributed by atoms with Gasteiger partial charge in [-0.25, -0.2) is 4.39 Å². The van der Waals surface area contributed by atoms with Crippen LogP contribution in [0, 0.1) is 5.82 Å². The van der Waals surface area contributed by atoms with Crippen molar-refractivity contribution >= 4 is 10.9 Å². The molecule has 0 fully saturated rings. The van der Waals surface area contributed by atoms with Crippen molar-refractivity contribution in [1.82, 2.24) is 9.55 Å². The number of aromatic amines is 1. The lowest BCUT2D eigenvalue weighted by atomic mass is 9.91. The van der Waals surface area contributed by atoms with Gasteiger partial charge in [0, 0.05) is 34.8 Å². The van der Waals surface area contributed by atoms with Crippen LogP contribution in [0.2, 0.25) is 0 Å². The van der Waals surface area contributed by atoms with Crippen LogP contribution in [0.5, 0.6) is 11.8 Å². The lowest BCUT2D eigenvalue weighted by Gasteiger charge is -2.12. The van der Waals surface area contributed by atoms with E-state index in [1.54, 1.807) is 13.1 Å². The normalized spacial score (nSPS) is 13.5. The van der Waals surface area contributed by atoms with E-state index in [4.69, 9.17) is 0 Å². The molecule has 3 aromatic rings. The second kappa shape index (κ2) is 3.56. The zero-order valence-electron chi connectivity index (χ0n) is 10.9. The van der Waals surface area contributed by atoms with Crippen LogP contribution in [-0.4, -0.2) is 19.8 Å². The van der Waals surface area contributed by atoms with Gasteiger partial charge in [0.05, 0.1) is 5.56 Å². The van der Waals surface area contributed by atoms with E-state index in [-0.39, 0.29) is 17.6 Å². The molecule has 5 heteroatoms. The number of aromatic hydroxyl groups is 2. The number of fused-ring (bicyclic) bond motifs is 5. The van der Waals surface area contributed by atoms with E-state index in [1.165, 1.54) is 16.7 Å². The second-order valence-electron chi connectivity index (χ2n) is 5.23.